The van der Waals surface area contributed by atoms with E-state index in [4.69, 9.17) is 4.74 Å². The van der Waals surface area contributed by atoms with Crippen molar-refractivity contribution in [2.75, 3.05) is 26.3 Å². The van der Waals surface area contributed by atoms with Gasteiger partial charge in [-0.15, -0.1) is 0 Å². The topological polar surface area (TPSA) is 76.4 Å². The summed E-state index contributed by atoms with van der Waals surface area (Å²) in [5.74, 6) is 2.62. The molecule has 0 amide bonds. The van der Waals surface area contributed by atoms with Gasteiger partial charge < -0.3 is 15.4 Å². The Balaban J connectivity index is 1.85. The maximum atomic E-state index is 5.35. The van der Waals surface area contributed by atoms with Gasteiger partial charge in [0.1, 0.15) is 11.6 Å². The second kappa shape index (κ2) is 11.3. The van der Waals surface area contributed by atoms with E-state index in [1.54, 1.807) is 6.20 Å². The third kappa shape index (κ3) is 6.48. The van der Waals surface area contributed by atoms with Gasteiger partial charge in [-0.3, -0.25) is 4.57 Å². The Morgan fingerprint density at radius 1 is 1.19 bits per heavy atom. The highest BCUT2D eigenvalue weighted by Crippen LogP contribution is 2.09. The van der Waals surface area contributed by atoms with Crippen molar-refractivity contribution in [3.8, 4) is 5.82 Å². The standard InChI is InChI=1S/C19H30N6O/c1-4-20-19(22-10-6-7-13-26-5-2)24-15-17-8-9-18(23-14-17)25-12-11-21-16(25)3/h8-9,11-12,14H,4-7,10,13,15H2,1-3H3,(H2,20,22,24). The number of guanidine groups is 1. The van der Waals surface area contributed by atoms with Crippen LogP contribution in [0.2, 0.25) is 0 Å². The van der Waals surface area contributed by atoms with E-state index in [9.17, 15) is 0 Å². The van der Waals surface area contributed by atoms with Crippen molar-refractivity contribution in [1.29, 1.82) is 0 Å². The molecule has 2 heterocycles. The molecular formula is C19H30N6O. The van der Waals surface area contributed by atoms with Crippen LogP contribution in [0.5, 0.6) is 0 Å². The van der Waals surface area contributed by atoms with E-state index >= 15 is 0 Å². The van der Waals surface area contributed by atoms with Crippen LogP contribution in [0.15, 0.2) is 35.7 Å². The molecule has 0 aliphatic carbocycles. The molecule has 0 spiro atoms. The van der Waals surface area contributed by atoms with E-state index in [1.165, 1.54) is 0 Å². The van der Waals surface area contributed by atoms with Crippen LogP contribution >= 0.6 is 0 Å². The van der Waals surface area contributed by atoms with Gasteiger partial charge in [0.15, 0.2) is 5.96 Å². The van der Waals surface area contributed by atoms with Gasteiger partial charge in [0.05, 0.1) is 6.54 Å². The predicted octanol–water partition coefficient (Wildman–Crippen LogP) is 2.45. The number of nitrogens with one attached hydrogen (secondary N) is 2. The van der Waals surface area contributed by atoms with E-state index in [1.807, 2.05) is 36.9 Å². The summed E-state index contributed by atoms with van der Waals surface area (Å²) in [6.07, 6.45) is 7.67. The molecule has 0 aromatic carbocycles. The molecule has 7 nitrogen and oxygen atoms in total. The van der Waals surface area contributed by atoms with Gasteiger partial charge in [0.2, 0.25) is 0 Å². The Labute approximate surface area is 155 Å². The summed E-state index contributed by atoms with van der Waals surface area (Å²) in [7, 11) is 0. The summed E-state index contributed by atoms with van der Waals surface area (Å²) in [6.45, 7) is 9.96. The largest absolute Gasteiger partial charge is 0.382 e. The number of aryl methyl sites for hydroxylation is 1. The van der Waals surface area contributed by atoms with E-state index in [0.717, 1.165) is 62.3 Å². The molecule has 0 aliphatic rings. The zero-order valence-corrected chi connectivity index (χ0v) is 16.0. The second-order valence-corrected chi connectivity index (χ2v) is 5.90. The van der Waals surface area contributed by atoms with E-state index in [0.29, 0.717) is 6.54 Å². The SMILES string of the molecule is CCNC(=NCc1ccc(-n2ccnc2C)nc1)NCCCCOCC. The minimum Gasteiger partial charge on any atom is -0.382 e. The van der Waals surface area contributed by atoms with Crippen molar-refractivity contribution >= 4 is 5.96 Å². The quantitative estimate of drug-likeness (QED) is 0.388. The lowest BCUT2D eigenvalue weighted by atomic mass is 10.3. The molecule has 0 fully saturated rings. The van der Waals surface area contributed by atoms with Crippen LogP contribution in [-0.2, 0) is 11.3 Å². The Morgan fingerprint density at radius 3 is 2.73 bits per heavy atom. The van der Waals surface area contributed by atoms with Gasteiger partial charge in [-0.25, -0.2) is 15.0 Å². The third-order valence-electron chi connectivity index (χ3n) is 3.86. The van der Waals surface area contributed by atoms with Crippen LogP contribution in [0, 0.1) is 6.92 Å². The monoisotopic (exact) mass is 358 g/mol. The molecule has 0 radical (unpaired) electrons. The van der Waals surface area contributed by atoms with E-state index < -0.39 is 0 Å². The normalized spacial score (nSPS) is 11.6. The molecule has 26 heavy (non-hydrogen) atoms. The highest BCUT2D eigenvalue weighted by Gasteiger charge is 2.02. The predicted molar refractivity (Wildman–Crippen MR) is 105 cm³/mol. The van der Waals surface area contributed by atoms with Crippen molar-refractivity contribution in [2.24, 2.45) is 4.99 Å². The lowest BCUT2D eigenvalue weighted by Gasteiger charge is -2.11. The fourth-order valence-corrected chi connectivity index (χ4v) is 2.47. The summed E-state index contributed by atoms with van der Waals surface area (Å²) >= 11 is 0. The van der Waals surface area contributed by atoms with Gasteiger partial charge in [-0.1, -0.05) is 6.07 Å². The fraction of sp³-hybridized carbons (Fsp3) is 0.526. The molecule has 142 valence electrons. The van der Waals surface area contributed by atoms with Crippen molar-refractivity contribution in [3.63, 3.8) is 0 Å². The lowest BCUT2D eigenvalue weighted by Crippen LogP contribution is -2.37. The highest BCUT2D eigenvalue weighted by atomic mass is 16.5. The first-order valence-electron chi connectivity index (χ1n) is 9.29. The van der Waals surface area contributed by atoms with Crippen LogP contribution in [0.25, 0.3) is 5.82 Å². The van der Waals surface area contributed by atoms with Gasteiger partial charge in [-0.05, 0) is 45.2 Å². The molecule has 0 bridgehead atoms. The molecule has 0 unspecified atom stereocenters. The number of hydrogen-bond donors (Lipinski definition) is 2. The average molecular weight is 358 g/mol. The molecule has 0 saturated heterocycles. The average Bonchev–Trinajstić information content (AvgIpc) is 3.09. The van der Waals surface area contributed by atoms with Crippen molar-refractivity contribution in [2.45, 2.75) is 40.2 Å². The number of aliphatic imine (C=N–C) groups is 1. The highest BCUT2D eigenvalue weighted by molar-refractivity contribution is 5.79. The van der Waals surface area contributed by atoms with Crippen molar-refractivity contribution in [1.82, 2.24) is 25.2 Å². The number of nitrogens with zero attached hydrogens (tertiary/aromatic N) is 4. The number of imidazole rings is 1. The van der Waals surface area contributed by atoms with E-state index in [2.05, 4.69) is 38.6 Å². The minimum absolute atomic E-state index is 0.588. The summed E-state index contributed by atoms with van der Waals surface area (Å²) in [5.41, 5.74) is 1.07. The fourth-order valence-electron chi connectivity index (χ4n) is 2.47. The molecule has 2 aromatic heterocycles. The zero-order chi connectivity index (χ0) is 18.6. The smallest absolute Gasteiger partial charge is 0.191 e. The molecule has 0 atom stereocenters. The second-order valence-electron chi connectivity index (χ2n) is 5.90. The first kappa shape index (κ1) is 19.9. The number of rotatable bonds is 10. The lowest BCUT2D eigenvalue weighted by molar-refractivity contribution is 0.143. The maximum absolute atomic E-state index is 5.35. The van der Waals surface area contributed by atoms with Crippen LogP contribution in [-0.4, -0.2) is 46.8 Å². The molecule has 2 N–H and O–H groups in total. The number of aromatic nitrogens is 3. The molecule has 0 aliphatic heterocycles. The first-order chi connectivity index (χ1) is 12.7. The molecule has 2 aromatic rings. The number of unbranched alkanes of at least 4 members (excludes halogenated alkanes) is 1. The summed E-state index contributed by atoms with van der Waals surface area (Å²) in [6, 6.07) is 4.05. The van der Waals surface area contributed by atoms with Gasteiger partial charge >= 0.3 is 0 Å². The molecule has 0 saturated carbocycles. The first-order valence-corrected chi connectivity index (χ1v) is 9.29. The molecule has 2 rings (SSSR count). The van der Waals surface area contributed by atoms with E-state index in [-0.39, 0.29) is 0 Å². The Morgan fingerprint density at radius 2 is 2.08 bits per heavy atom. The van der Waals surface area contributed by atoms with Crippen LogP contribution in [0.4, 0.5) is 0 Å². The minimum atomic E-state index is 0.588. The molecular weight excluding hydrogens is 328 g/mol. The van der Waals surface area contributed by atoms with Crippen molar-refractivity contribution < 1.29 is 4.74 Å². The summed E-state index contributed by atoms with van der Waals surface area (Å²) in [5, 5.41) is 6.63. The summed E-state index contributed by atoms with van der Waals surface area (Å²) in [4.78, 5) is 13.4. The Hall–Kier alpha value is -2.41. The third-order valence-corrected chi connectivity index (χ3v) is 3.86. The molecule has 7 heteroatoms. The van der Waals surface area contributed by atoms with Crippen molar-refractivity contribution in [3.05, 3.63) is 42.1 Å². The van der Waals surface area contributed by atoms with Gasteiger partial charge in [0, 0.05) is 44.9 Å². The number of ether oxygens (including phenoxy) is 1. The van der Waals surface area contributed by atoms with Crippen LogP contribution in [0.1, 0.15) is 38.1 Å². The zero-order valence-electron chi connectivity index (χ0n) is 16.0. The van der Waals surface area contributed by atoms with Gasteiger partial charge in [0.25, 0.3) is 0 Å². The van der Waals surface area contributed by atoms with Crippen LogP contribution in [0.3, 0.4) is 0 Å². The number of hydrogen-bond acceptors (Lipinski definition) is 4. The summed E-state index contributed by atoms with van der Waals surface area (Å²) < 4.78 is 7.31. The Kier molecular flexibility index (Phi) is 8.62. The van der Waals surface area contributed by atoms with Gasteiger partial charge in [-0.2, -0.15) is 0 Å². The maximum Gasteiger partial charge on any atom is 0.191 e. The van der Waals surface area contributed by atoms with Crippen LogP contribution < -0.4 is 10.6 Å². The Bertz CT molecular complexity index is 665. The number of pyridine rings is 1.